The average molecular weight is 342 g/mol. The fraction of sp³-hybridized carbons (Fsp3) is 0.467. The van der Waals surface area contributed by atoms with E-state index in [2.05, 4.69) is 15.9 Å². The van der Waals surface area contributed by atoms with Gasteiger partial charge in [0, 0.05) is 22.1 Å². The topological polar surface area (TPSA) is 57.6 Å². The van der Waals surface area contributed by atoms with Crippen LogP contribution in [0, 0.1) is 6.92 Å². The predicted octanol–water partition coefficient (Wildman–Crippen LogP) is 3.47. The first-order valence-corrected chi connectivity index (χ1v) is 7.21. The zero-order valence-corrected chi connectivity index (χ0v) is 13.8. The van der Waals surface area contributed by atoms with Crippen molar-refractivity contribution in [1.29, 1.82) is 0 Å². The van der Waals surface area contributed by atoms with Crippen LogP contribution in [0.2, 0.25) is 0 Å². The number of aryl methyl sites for hydroxylation is 1. The summed E-state index contributed by atoms with van der Waals surface area (Å²) in [5.74, 6) is -1.05. The summed E-state index contributed by atoms with van der Waals surface area (Å²) < 4.78 is 0.841. The highest BCUT2D eigenvalue weighted by Gasteiger charge is 2.27. The van der Waals surface area contributed by atoms with E-state index in [9.17, 15) is 9.59 Å². The second-order valence-corrected chi connectivity index (χ2v) is 6.70. The molecule has 0 bridgehead atoms. The van der Waals surface area contributed by atoms with Crippen LogP contribution in [0.1, 0.15) is 43.1 Å². The molecule has 1 rings (SSSR count). The van der Waals surface area contributed by atoms with Crippen LogP contribution in [-0.2, 0) is 4.79 Å². The Morgan fingerprint density at radius 3 is 2.30 bits per heavy atom. The van der Waals surface area contributed by atoms with E-state index in [4.69, 9.17) is 5.11 Å². The number of benzene rings is 1. The molecule has 0 saturated heterocycles. The lowest BCUT2D eigenvalue weighted by Gasteiger charge is -2.35. The minimum Gasteiger partial charge on any atom is -0.481 e. The van der Waals surface area contributed by atoms with E-state index in [0.717, 1.165) is 10.0 Å². The Kier molecular flexibility index (Phi) is 5.34. The van der Waals surface area contributed by atoms with E-state index in [-0.39, 0.29) is 18.9 Å². The van der Waals surface area contributed by atoms with Gasteiger partial charge in [0.25, 0.3) is 5.91 Å². The third kappa shape index (κ3) is 4.63. The van der Waals surface area contributed by atoms with Gasteiger partial charge < -0.3 is 10.0 Å². The van der Waals surface area contributed by atoms with Gasteiger partial charge in [-0.1, -0.05) is 15.9 Å². The number of carboxylic acid groups (broad SMARTS) is 1. The van der Waals surface area contributed by atoms with E-state index in [0.29, 0.717) is 5.56 Å². The summed E-state index contributed by atoms with van der Waals surface area (Å²) in [6.07, 6.45) is -0.0595. The first-order valence-electron chi connectivity index (χ1n) is 6.42. The zero-order valence-electron chi connectivity index (χ0n) is 12.2. The maximum absolute atomic E-state index is 12.6. The van der Waals surface area contributed by atoms with Gasteiger partial charge in [0.05, 0.1) is 6.42 Å². The number of carbonyl (C=O) groups excluding carboxylic acids is 1. The van der Waals surface area contributed by atoms with Gasteiger partial charge >= 0.3 is 5.97 Å². The lowest BCUT2D eigenvalue weighted by atomic mass is 10.0. The molecule has 0 aliphatic carbocycles. The highest BCUT2D eigenvalue weighted by atomic mass is 79.9. The van der Waals surface area contributed by atoms with E-state index in [1.165, 1.54) is 0 Å². The summed E-state index contributed by atoms with van der Waals surface area (Å²) in [7, 11) is 0. The standard InChI is InChI=1S/C15H20BrNO3/c1-10-7-11(9-12(16)8-10)14(20)17(15(2,3)4)6-5-13(18)19/h7-9H,5-6H2,1-4H3,(H,18,19). The first-order chi connectivity index (χ1) is 9.11. The van der Waals surface area contributed by atoms with Crippen LogP contribution in [0.25, 0.3) is 0 Å². The molecule has 5 heteroatoms. The van der Waals surface area contributed by atoms with Crippen LogP contribution in [0.15, 0.2) is 22.7 Å². The molecule has 110 valence electrons. The predicted molar refractivity (Wildman–Crippen MR) is 81.9 cm³/mol. The van der Waals surface area contributed by atoms with Crippen LogP contribution in [-0.4, -0.2) is 34.0 Å². The van der Waals surface area contributed by atoms with E-state index in [1.807, 2.05) is 39.8 Å². The third-order valence-corrected chi connectivity index (χ3v) is 3.35. The summed E-state index contributed by atoms with van der Waals surface area (Å²) in [5.41, 5.74) is 1.12. The normalized spacial score (nSPS) is 11.2. The number of nitrogens with zero attached hydrogens (tertiary/aromatic N) is 1. The van der Waals surface area contributed by atoms with Gasteiger partial charge in [0.15, 0.2) is 0 Å². The van der Waals surface area contributed by atoms with Crippen molar-refractivity contribution in [2.45, 2.75) is 39.7 Å². The monoisotopic (exact) mass is 341 g/mol. The molecule has 0 aromatic heterocycles. The Morgan fingerprint density at radius 1 is 1.25 bits per heavy atom. The summed E-state index contributed by atoms with van der Waals surface area (Å²) in [5, 5.41) is 8.82. The van der Waals surface area contributed by atoms with Gasteiger partial charge in [-0.05, 0) is 51.5 Å². The number of halogens is 1. The maximum atomic E-state index is 12.6. The van der Waals surface area contributed by atoms with E-state index >= 15 is 0 Å². The molecule has 4 nitrogen and oxygen atoms in total. The van der Waals surface area contributed by atoms with E-state index in [1.54, 1.807) is 11.0 Å². The van der Waals surface area contributed by atoms with Crippen molar-refractivity contribution in [2.24, 2.45) is 0 Å². The number of carboxylic acids is 1. The molecule has 1 N–H and O–H groups in total. The van der Waals surface area contributed by atoms with Crippen molar-refractivity contribution in [3.63, 3.8) is 0 Å². The van der Waals surface area contributed by atoms with Gasteiger partial charge in [-0.2, -0.15) is 0 Å². The van der Waals surface area contributed by atoms with Crippen LogP contribution in [0.4, 0.5) is 0 Å². The number of hydrogen-bond acceptors (Lipinski definition) is 2. The molecule has 0 saturated carbocycles. The van der Waals surface area contributed by atoms with Crippen molar-refractivity contribution in [3.05, 3.63) is 33.8 Å². The number of aliphatic carboxylic acids is 1. The lowest BCUT2D eigenvalue weighted by Crippen LogP contribution is -2.46. The minimum atomic E-state index is -0.905. The molecule has 0 unspecified atom stereocenters. The molecule has 0 heterocycles. The van der Waals surface area contributed by atoms with Crippen LogP contribution in [0.3, 0.4) is 0 Å². The van der Waals surface area contributed by atoms with Gasteiger partial charge in [0.1, 0.15) is 0 Å². The Labute approximate surface area is 127 Å². The van der Waals surface area contributed by atoms with Gasteiger partial charge in [-0.3, -0.25) is 9.59 Å². The molecule has 0 spiro atoms. The van der Waals surface area contributed by atoms with Crippen molar-refractivity contribution in [2.75, 3.05) is 6.54 Å². The molecule has 1 amide bonds. The molecule has 0 aliphatic rings. The molecule has 1 aromatic carbocycles. The molecule has 0 aliphatic heterocycles. The second kappa shape index (κ2) is 6.39. The second-order valence-electron chi connectivity index (χ2n) is 5.79. The maximum Gasteiger partial charge on any atom is 0.305 e. The molecular formula is C15H20BrNO3. The Bertz CT molecular complexity index is 500. The Morgan fingerprint density at radius 2 is 1.85 bits per heavy atom. The smallest absolute Gasteiger partial charge is 0.305 e. The van der Waals surface area contributed by atoms with Crippen molar-refractivity contribution in [3.8, 4) is 0 Å². The minimum absolute atomic E-state index is 0.0595. The average Bonchev–Trinajstić information content (AvgIpc) is 2.25. The zero-order chi connectivity index (χ0) is 15.5. The highest BCUT2D eigenvalue weighted by Crippen LogP contribution is 2.21. The molecule has 1 aromatic rings. The van der Waals surface area contributed by atoms with Gasteiger partial charge in [-0.25, -0.2) is 0 Å². The third-order valence-electron chi connectivity index (χ3n) is 2.89. The number of carbonyl (C=O) groups is 2. The van der Waals surface area contributed by atoms with Crippen LogP contribution in [0.5, 0.6) is 0 Å². The molecule has 0 fully saturated rings. The number of rotatable bonds is 4. The molecule has 20 heavy (non-hydrogen) atoms. The number of amides is 1. The summed E-state index contributed by atoms with van der Waals surface area (Å²) in [6, 6.07) is 5.50. The Hall–Kier alpha value is -1.36. The van der Waals surface area contributed by atoms with Crippen LogP contribution >= 0.6 is 15.9 Å². The van der Waals surface area contributed by atoms with Crippen LogP contribution < -0.4 is 0 Å². The van der Waals surface area contributed by atoms with Gasteiger partial charge in [-0.15, -0.1) is 0 Å². The Balaban J connectivity index is 3.06. The van der Waals surface area contributed by atoms with E-state index < -0.39 is 11.5 Å². The van der Waals surface area contributed by atoms with Crippen molar-refractivity contribution in [1.82, 2.24) is 4.90 Å². The first kappa shape index (κ1) is 16.7. The summed E-state index contributed by atoms with van der Waals surface area (Å²) >= 11 is 3.38. The summed E-state index contributed by atoms with van der Waals surface area (Å²) in [4.78, 5) is 25.0. The quantitative estimate of drug-likeness (QED) is 0.911. The van der Waals surface area contributed by atoms with Gasteiger partial charge in [0.2, 0.25) is 0 Å². The van der Waals surface area contributed by atoms with Crippen molar-refractivity contribution >= 4 is 27.8 Å². The SMILES string of the molecule is Cc1cc(Br)cc(C(=O)N(CCC(=O)O)C(C)(C)C)c1. The lowest BCUT2D eigenvalue weighted by molar-refractivity contribution is -0.137. The van der Waals surface area contributed by atoms with Crippen molar-refractivity contribution < 1.29 is 14.7 Å². The fourth-order valence-electron chi connectivity index (χ4n) is 1.96. The summed E-state index contributed by atoms with van der Waals surface area (Å²) in [6.45, 7) is 7.82. The molecule has 0 radical (unpaired) electrons. The molecular weight excluding hydrogens is 322 g/mol. The highest BCUT2D eigenvalue weighted by molar-refractivity contribution is 9.10. The number of hydrogen-bond donors (Lipinski definition) is 1. The fourth-order valence-corrected chi connectivity index (χ4v) is 2.57. The largest absolute Gasteiger partial charge is 0.481 e. The molecule has 0 atom stereocenters.